The second-order valence-corrected chi connectivity index (χ2v) is 8.57. The first-order chi connectivity index (χ1) is 13.0. The number of halogens is 2. The molecule has 10 heteroatoms. The highest BCUT2D eigenvalue weighted by Gasteiger charge is 2.29. The van der Waals surface area contributed by atoms with E-state index in [-0.39, 0.29) is 21.3 Å². The van der Waals surface area contributed by atoms with E-state index in [4.69, 9.17) is 23.2 Å². The molecule has 0 saturated heterocycles. The van der Waals surface area contributed by atoms with Crippen LogP contribution in [0.4, 0.5) is 11.4 Å². The number of hydrogen-bond acceptors (Lipinski definition) is 5. The van der Waals surface area contributed by atoms with Gasteiger partial charge in [-0.2, -0.15) is 0 Å². The molecule has 0 bridgehead atoms. The van der Waals surface area contributed by atoms with E-state index in [1.165, 1.54) is 44.4 Å². The van der Waals surface area contributed by atoms with Crippen molar-refractivity contribution >= 4 is 56.5 Å². The molecule has 150 valence electrons. The van der Waals surface area contributed by atoms with Crippen molar-refractivity contribution in [2.75, 3.05) is 23.0 Å². The molecule has 0 spiro atoms. The van der Waals surface area contributed by atoms with Crippen molar-refractivity contribution in [1.82, 2.24) is 0 Å². The van der Waals surface area contributed by atoms with Crippen LogP contribution in [0.15, 0.2) is 42.5 Å². The summed E-state index contributed by atoms with van der Waals surface area (Å²) in [5.74, 6) is -1.16. The molecule has 1 amide bonds. The van der Waals surface area contributed by atoms with Gasteiger partial charge in [-0.05, 0) is 43.3 Å². The predicted octanol–water partition coefficient (Wildman–Crippen LogP) is 3.57. The molecule has 7 nitrogen and oxygen atoms in total. The Hall–Kier alpha value is -2.29. The van der Waals surface area contributed by atoms with Gasteiger partial charge in [0.1, 0.15) is 6.04 Å². The Kier molecular flexibility index (Phi) is 6.92. The molecule has 28 heavy (non-hydrogen) atoms. The third kappa shape index (κ3) is 5.15. The van der Waals surface area contributed by atoms with Gasteiger partial charge in [0.2, 0.25) is 15.9 Å². The van der Waals surface area contributed by atoms with Gasteiger partial charge in [0, 0.05) is 5.69 Å². The minimum Gasteiger partial charge on any atom is -0.465 e. The molecule has 0 radical (unpaired) electrons. The van der Waals surface area contributed by atoms with Gasteiger partial charge >= 0.3 is 5.97 Å². The average molecular weight is 445 g/mol. The molecule has 2 rings (SSSR count). The molecular weight excluding hydrogens is 427 g/mol. The molecule has 0 aliphatic heterocycles. The lowest BCUT2D eigenvalue weighted by molar-refractivity contribution is -0.116. The molecule has 0 aromatic heterocycles. The van der Waals surface area contributed by atoms with Crippen LogP contribution in [-0.2, 0) is 19.6 Å². The van der Waals surface area contributed by atoms with E-state index in [0.717, 1.165) is 10.6 Å². The van der Waals surface area contributed by atoms with E-state index < -0.39 is 27.9 Å². The summed E-state index contributed by atoms with van der Waals surface area (Å²) in [4.78, 5) is 24.3. The summed E-state index contributed by atoms with van der Waals surface area (Å²) in [6.45, 7) is 1.43. The van der Waals surface area contributed by atoms with Crippen molar-refractivity contribution in [2.45, 2.75) is 13.0 Å². The summed E-state index contributed by atoms with van der Waals surface area (Å²) < 4.78 is 30.2. The van der Waals surface area contributed by atoms with Crippen LogP contribution in [-0.4, -0.2) is 39.7 Å². The van der Waals surface area contributed by atoms with Gasteiger partial charge in [0.15, 0.2) is 0 Å². The van der Waals surface area contributed by atoms with Crippen LogP contribution in [0.25, 0.3) is 0 Å². The Morgan fingerprint density at radius 2 is 1.79 bits per heavy atom. The number of carbonyl (C=O) groups excluding carboxylic acids is 2. The number of ether oxygens (including phenoxy) is 1. The fourth-order valence-corrected chi connectivity index (χ4v) is 3.98. The molecule has 0 heterocycles. The van der Waals surface area contributed by atoms with E-state index in [1.807, 2.05) is 0 Å². The number of hydrogen-bond donors (Lipinski definition) is 1. The Morgan fingerprint density at radius 3 is 2.36 bits per heavy atom. The molecule has 1 atom stereocenters. The number of carbonyl (C=O) groups is 2. The SMILES string of the molecule is COC(=O)c1cccc(NC(=O)C(C)N(c2ccc(Cl)c(Cl)c2)S(C)(=O)=O)c1. The maximum atomic E-state index is 12.7. The number of nitrogens with one attached hydrogen (secondary N) is 1. The Labute approximate surface area is 173 Å². The molecule has 1 N–H and O–H groups in total. The third-order valence-electron chi connectivity index (χ3n) is 3.80. The molecule has 2 aromatic carbocycles. The molecular formula is C18H18Cl2N2O5S. The van der Waals surface area contributed by atoms with Crippen LogP contribution < -0.4 is 9.62 Å². The number of amides is 1. The van der Waals surface area contributed by atoms with E-state index in [0.29, 0.717) is 5.69 Å². The predicted molar refractivity (Wildman–Crippen MR) is 110 cm³/mol. The summed E-state index contributed by atoms with van der Waals surface area (Å²) in [5, 5.41) is 3.02. The quantitative estimate of drug-likeness (QED) is 0.687. The minimum absolute atomic E-state index is 0.159. The van der Waals surface area contributed by atoms with Gasteiger partial charge < -0.3 is 10.1 Å². The number of nitrogens with zero attached hydrogens (tertiary/aromatic N) is 1. The zero-order valence-electron chi connectivity index (χ0n) is 15.3. The maximum absolute atomic E-state index is 12.7. The van der Waals surface area contributed by atoms with Crippen LogP contribution in [0.5, 0.6) is 0 Å². The zero-order chi connectivity index (χ0) is 21.1. The molecule has 2 aromatic rings. The number of sulfonamides is 1. The highest BCUT2D eigenvalue weighted by molar-refractivity contribution is 7.92. The van der Waals surface area contributed by atoms with E-state index in [2.05, 4.69) is 10.1 Å². The fraction of sp³-hybridized carbons (Fsp3) is 0.222. The number of methoxy groups -OCH3 is 1. The number of benzene rings is 2. The average Bonchev–Trinajstić information content (AvgIpc) is 2.63. The summed E-state index contributed by atoms with van der Waals surface area (Å²) in [6, 6.07) is 9.27. The number of anilines is 2. The Bertz CT molecular complexity index is 1010. The highest BCUT2D eigenvalue weighted by atomic mass is 35.5. The van der Waals surface area contributed by atoms with Crippen molar-refractivity contribution in [2.24, 2.45) is 0 Å². The molecule has 0 aliphatic rings. The van der Waals surface area contributed by atoms with Gasteiger partial charge in [-0.3, -0.25) is 9.10 Å². The molecule has 0 saturated carbocycles. The zero-order valence-corrected chi connectivity index (χ0v) is 17.6. The normalized spacial score (nSPS) is 12.2. The number of rotatable bonds is 6. The second-order valence-electron chi connectivity index (χ2n) is 5.89. The third-order valence-corrected chi connectivity index (χ3v) is 5.78. The largest absolute Gasteiger partial charge is 0.465 e. The lowest BCUT2D eigenvalue weighted by Gasteiger charge is -2.28. The minimum atomic E-state index is -3.81. The lowest BCUT2D eigenvalue weighted by atomic mass is 10.2. The van der Waals surface area contributed by atoms with E-state index >= 15 is 0 Å². The van der Waals surface area contributed by atoms with Gasteiger partial charge in [-0.1, -0.05) is 29.3 Å². The molecule has 0 fully saturated rings. The first-order valence-electron chi connectivity index (χ1n) is 7.98. The van der Waals surface area contributed by atoms with Gasteiger partial charge in [0.25, 0.3) is 0 Å². The first kappa shape index (κ1) is 22.0. The van der Waals surface area contributed by atoms with Crippen LogP contribution >= 0.6 is 23.2 Å². The lowest BCUT2D eigenvalue weighted by Crippen LogP contribution is -2.45. The number of esters is 1. The summed E-state index contributed by atoms with van der Waals surface area (Å²) in [6.07, 6.45) is 0.983. The van der Waals surface area contributed by atoms with Crippen LogP contribution in [0, 0.1) is 0 Å². The fourth-order valence-electron chi connectivity index (χ4n) is 2.52. The highest BCUT2D eigenvalue weighted by Crippen LogP contribution is 2.30. The smallest absolute Gasteiger partial charge is 0.337 e. The molecule has 1 unspecified atom stereocenters. The van der Waals surface area contributed by atoms with Crippen molar-refractivity contribution in [3.8, 4) is 0 Å². The second kappa shape index (κ2) is 8.81. The maximum Gasteiger partial charge on any atom is 0.337 e. The summed E-state index contributed by atoms with van der Waals surface area (Å²) in [7, 11) is -2.57. The first-order valence-corrected chi connectivity index (χ1v) is 10.6. The van der Waals surface area contributed by atoms with Crippen molar-refractivity contribution < 1.29 is 22.7 Å². The van der Waals surface area contributed by atoms with Gasteiger partial charge in [0.05, 0.1) is 34.7 Å². The molecule has 0 aliphatic carbocycles. The van der Waals surface area contributed by atoms with Crippen LogP contribution in [0.1, 0.15) is 17.3 Å². The van der Waals surface area contributed by atoms with E-state index in [9.17, 15) is 18.0 Å². The van der Waals surface area contributed by atoms with Gasteiger partial charge in [-0.25, -0.2) is 13.2 Å². The topological polar surface area (TPSA) is 92.8 Å². The monoisotopic (exact) mass is 444 g/mol. The van der Waals surface area contributed by atoms with Crippen molar-refractivity contribution in [3.05, 3.63) is 58.1 Å². The summed E-state index contributed by atoms with van der Waals surface area (Å²) >= 11 is 11.9. The standard InChI is InChI=1S/C18H18Cl2N2O5S/c1-11(17(23)21-13-6-4-5-12(9-13)18(24)27-2)22(28(3,25)26)14-7-8-15(19)16(20)10-14/h4-11H,1-3H3,(H,21,23). The van der Waals surface area contributed by atoms with Crippen molar-refractivity contribution in [3.63, 3.8) is 0 Å². The van der Waals surface area contributed by atoms with Crippen LogP contribution in [0.3, 0.4) is 0 Å². The Morgan fingerprint density at radius 1 is 1.11 bits per heavy atom. The van der Waals surface area contributed by atoms with E-state index in [1.54, 1.807) is 12.1 Å². The Balaban J connectivity index is 2.32. The summed E-state index contributed by atoms with van der Waals surface area (Å²) in [5.41, 5.74) is 0.766. The van der Waals surface area contributed by atoms with Crippen LogP contribution in [0.2, 0.25) is 10.0 Å². The van der Waals surface area contributed by atoms with Crippen molar-refractivity contribution in [1.29, 1.82) is 0 Å². The van der Waals surface area contributed by atoms with Gasteiger partial charge in [-0.15, -0.1) is 0 Å².